The van der Waals surface area contributed by atoms with E-state index in [2.05, 4.69) is 15.2 Å². The number of carbonyl (C=O) groups excluding carboxylic acids is 2. The summed E-state index contributed by atoms with van der Waals surface area (Å²) in [4.78, 5) is 28.7. The summed E-state index contributed by atoms with van der Waals surface area (Å²) in [5, 5.41) is 8.03. The molecule has 0 unspecified atom stereocenters. The van der Waals surface area contributed by atoms with Crippen LogP contribution in [0.3, 0.4) is 0 Å². The minimum absolute atomic E-state index is 0.0441. The molecule has 0 bridgehead atoms. The normalized spacial score (nSPS) is 10.7. The SMILES string of the molecule is CC(C)OC(=O)c1ccccc1CC(=O)c1ccc(-n2ccnc2)nn1. The van der Waals surface area contributed by atoms with Crippen molar-refractivity contribution in [2.45, 2.75) is 26.4 Å². The Labute approximate surface area is 150 Å². The number of Topliss-reactive ketones (excluding diaryl/α,β-unsaturated/α-hetero) is 1. The van der Waals surface area contributed by atoms with Crippen LogP contribution >= 0.6 is 0 Å². The molecule has 7 nitrogen and oxygen atoms in total. The summed E-state index contributed by atoms with van der Waals surface area (Å²) >= 11 is 0. The molecule has 132 valence electrons. The first-order valence-electron chi connectivity index (χ1n) is 8.18. The zero-order valence-electron chi connectivity index (χ0n) is 14.5. The maximum atomic E-state index is 12.5. The molecule has 3 aromatic rings. The van der Waals surface area contributed by atoms with E-state index in [1.54, 1.807) is 73.5 Å². The van der Waals surface area contributed by atoms with Gasteiger partial charge in [-0.15, -0.1) is 10.2 Å². The fourth-order valence-corrected chi connectivity index (χ4v) is 2.42. The highest BCUT2D eigenvalue weighted by atomic mass is 16.5. The molecule has 0 aliphatic heterocycles. The van der Waals surface area contributed by atoms with Gasteiger partial charge in [0.05, 0.1) is 11.7 Å². The standard InChI is InChI=1S/C19H18N4O3/c1-13(2)26-19(25)15-6-4-3-5-14(15)11-17(24)16-7-8-18(22-21-16)23-10-9-20-12-23/h3-10,12-13H,11H2,1-2H3. The Bertz CT molecular complexity index is 903. The second-order valence-electron chi connectivity index (χ2n) is 5.96. The molecule has 3 rings (SSSR count). The van der Waals surface area contributed by atoms with Gasteiger partial charge in [0.2, 0.25) is 0 Å². The van der Waals surface area contributed by atoms with Crippen molar-refractivity contribution < 1.29 is 14.3 Å². The van der Waals surface area contributed by atoms with Gasteiger partial charge in [-0.1, -0.05) is 18.2 Å². The second kappa shape index (κ2) is 7.69. The van der Waals surface area contributed by atoms with E-state index in [0.717, 1.165) is 0 Å². The molecule has 0 fully saturated rings. The van der Waals surface area contributed by atoms with Crippen LogP contribution < -0.4 is 0 Å². The molecule has 7 heteroatoms. The van der Waals surface area contributed by atoms with Crippen molar-refractivity contribution >= 4 is 11.8 Å². The number of ether oxygens (including phenoxy) is 1. The number of ketones is 1. The zero-order chi connectivity index (χ0) is 18.5. The predicted octanol–water partition coefficient (Wildman–Crippen LogP) is 2.65. The molecule has 1 aromatic carbocycles. The lowest BCUT2D eigenvalue weighted by atomic mass is 10.0. The minimum atomic E-state index is -0.440. The Morgan fingerprint density at radius 1 is 1.12 bits per heavy atom. The number of hydrogen-bond acceptors (Lipinski definition) is 6. The molecule has 0 atom stereocenters. The third-order valence-electron chi connectivity index (χ3n) is 3.64. The summed E-state index contributed by atoms with van der Waals surface area (Å²) < 4.78 is 6.93. The maximum absolute atomic E-state index is 12.5. The zero-order valence-corrected chi connectivity index (χ0v) is 14.5. The van der Waals surface area contributed by atoms with Crippen LogP contribution in [0.2, 0.25) is 0 Å². The van der Waals surface area contributed by atoms with Gasteiger partial charge in [0.15, 0.2) is 11.6 Å². The maximum Gasteiger partial charge on any atom is 0.338 e. The van der Waals surface area contributed by atoms with Crippen molar-refractivity contribution in [3.63, 3.8) is 0 Å². The van der Waals surface area contributed by atoms with Crippen molar-refractivity contribution in [2.24, 2.45) is 0 Å². The summed E-state index contributed by atoms with van der Waals surface area (Å²) in [6, 6.07) is 10.2. The van der Waals surface area contributed by atoms with E-state index in [4.69, 9.17) is 4.74 Å². The summed E-state index contributed by atoms with van der Waals surface area (Å²) in [6.45, 7) is 3.56. The van der Waals surface area contributed by atoms with Gasteiger partial charge in [0.1, 0.15) is 12.0 Å². The average Bonchev–Trinajstić information content (AvgIpc) is 3.16. The van der Waals surface area contributed by atoms with E-state index >= 15 is 0 Å². The lowest BCUT2D eigenvalue weighted by Gasteiger charge is -2.11. The number of esters is 1. The molecule has 0 N–H and O–H groups in total. The Morgan fingerprint density at radius 2 is 1.92 bits per heavy atom. The fraction of sp³-hybridized carbons (Fsp3) is 0.211. The predicted molar refractivity (Wildman–Crippen MR) is 94.2 cm³/mol. The minimum Gasteiger partial charge on any atom is -0.459 e. The lowest BCUT2D eigenvalue weighted by Crippen LogP contribution is -2.16. The number of rotatable bonds is 6. The van der Waals surface area contributed by atoms with Gasteiger partial charge < -0.3 is 4.74 Å². The summed E-state index contributed by atoms with van der Waals surface area (Å²) in [5.74, 6) is -0.0932. The number of hydrogen-bond donors (Lipinski definition) is 0. The van der Waals surface area contributed by atoms with E-state index in [1.165, 1.54) is 0 Å². The number of imidazole rings is 1. The average molecular weight is 350 g/mol. The molecule has 0 spiro atoms. The second-order valence-corrected chi connectivity index (χ2v) is 5.96. The van der Waals surface area contributed by atoms with Gasteiger partial charge in [0.25, 0.3) is 0 Å². The summed E-state index contributed by atoms with van der Waals surface area (Å²) in [7, 11) is 0. The van der Waals surface area contributed by atoms with Crippen molar-refractivity contribution in [2.75, 3.05) is 0 Å². The van der Waals surface area contributed by atoms with E-state index in [1.807, 2.05) is 0 Å². The first-order valence-corrected chi connectivity index (χ1v) is 8.18. The molecule has 0 radical (unpaired) electrons. The van der Waals surface area contributed by atoms with Crippen LogP contribution in [0.15, 0.2) is 55.1 Å². The first kappa shape index (κ1) is 17.5. The molecular formula is C19H18N4O3. The number of aromatic nitrogens is 4. The van der Waals surface area contributed by atoms with Gasteiger partial charge in [-0.3, -0.25) is 9.36 Å². The molecule has 0 aliphatic carbocycles. The molecule has 0 aliphatic rings. The highest BCUT2D eigenvalue weighted by molar-refractivity contribution is 5.98. The van der Waals surface area contributed by atoms with Crippen LogP contribution in [0.4, 0.5) is 0 Å². The van der Waals surface area contributed by atoms with Crippen LogP contribution in [0, 0.1) is 0 Å². The van der Waals surface area contributed by atoms with Crippen molar-refractivity contribution in [3.05, 3.63) is 71.9 Å². The van der Waals surface area contributed by atoms with Crippen molar-refractivity contribution in [1.29, 1.82) is 0 Å². The van der Waals surface area contributed by atoms with E-state index in [0.29, 0.717) is 16.9 Å². The van der Waals surface area contributed by atoms with E-state index in [-0.39, 0.29) is 24.0 Å². The monoisotopic (exact) mass is 350 g/mol. The largest absolute Gasteiger partial charge is 0.459 e. The van der Waals surface area contributed by atoms with Crippen molar-refractivity contribution in [1.82, 2.24) is 19.7 Å². The van der Waals surface area contributed by atoms with Gasteiger partial charge in [0, 0.05) is 18.8 Å². The molecule has 2 heterocycles. The number of carbonyl (C=O) groups is 2. The third kappa shape index (κ3) is 4.00. The molecule has 26 heavy (non-hydrogen) atoms. The lowest BCUT2D eigenvalue weighted by molar-refractivity contribution is 0.0377. The molecule has 0 saturated carbocycles. The molecule has 2 aromatic heterocycles. The first-order chi connectivity index (χ1) is 12.5. The van der Waals surface area contributed by atoms with Gasteiger partial charge in [-0.25, -0.2) is 9.78 Å². The van der Waals surface area contributed by atoms with E-state index < -0.39 is 5.97 Å². The number of nitrogens with zero attached hydrogens (tertiary/aromatic N) is 4. The molecule has 0 saturated heterocycles. The van der Waals surface area contributed by atoms with E-state index in [9.17, 15) is 9.59 Å². The fourth-order valence-electron chi connectivity index (χ4n) is 2.42. The Morgan fingerprint density at radius 3 is 2.58 bits per heavy atom. The van der Waals surface area contributed by atoms with Gasteiger partial charge in [-0.2, -0.15) is 0 Å². The Balaban J connectivity index is 1.77. The van der Waals surface area contributed by atoms with Crippen LogP contribution in [0.25, 0.3) is 5.82 Å². The third-order valence-corrected chi connectivity index (χ3v) is 3.64. The molecular weight excluding hydrogens is 332 g/mol. The molecule has 0 amide bonds. The topological polar surface area (TPSA) is 87.0 Å². The van der Waals surface area contributed by atoms with Crippen molar-refractivity contribution in [3.8, 4) is 5.82 Å². The Hall–Kier alpha value is -3.35. The van der Waals surface area contributed by atoms with Gasteiger partial charge >= 0.3 is 5.97 Å². The smallest absolute Gasteiger partial charge is 0.338 e. The Kier molecular flexibility index (Phi) is 5.17. The number of benzene rings is 1. The van der Waals surface area contributed by atoms with Gasteiger partial charge in [-0.05, 0) is 37.6 Å². The highest BCUT2D eigenvalue weighted by Gasteiger charge is 2.17. The van der Waals surface area contributed by atoms with Crippen LogP contribution in [-0.4, -0.2) is 37.6 Å². The quantitative estimate of drug-likeness (QED) is 0.502. The summed E-state index contributed by atoms with van der Waals surface area (Å²) in [6.07, 6.45) is 4.79. The van der Waals surface area contributed by atoms with Crippen LogP contribution in [-0.2, 0) is 11.2 Å². The van der Waals surface area contributed by atoms with Crippen LogP contribution in [0.5, 0.6) is 0 Å². The van der Waals surface area contributed by atoms with Crippen LogP contribution in [0.1, 0.15) is 40.3 Å². The summed E-state index contributed by atoms with van der Waals surface area (Å²) in [5.41, 5.74) is 1.22. The highest BCUT2D eigenvalue weighted by Crippen LogP contribution is 2.14.